The molecule has 0 aliphatic heterocycles. The second-order valence-electron chi connectivity index (χ2n) is 4.11. The topological polar surface area (TPSA) is 55.1 Å². The van der Waals surface area contributed by atoms with E-state index in [1.54, 1.807) is 15.9 Å². The predicted octanol–water partition coefficient (Wildman–Crippen LogP) is 2.41. The van der Waals surface area contributed by atoms with Crippen molar-refractivity contribution in [1.82, 2.24) is 19.6 Å². The summed E-state index contributed by atoms with van der Waals surface area (Å²) in [7, 11) is 0. The Bertz CT molecular complexity index is 685. The zero-order chi connectivity index (χ0) is 12.5. The van der Waals surface area contributed by atoms with Crippen molar-refractivity contribution < 1.29 is 0 Å². The number of pyridine rings is 1. The third kappa shape index (κ3) is 2.06. The first-order chi connectivity index (χ1) is 8.72. The quantitative estimate of drug-likeness (QED) is 0.784. The van der Waals surface area contributed by atoms with E-state index in [2.05, 4.69) is 20.4 Å². The Labute approximate surface area is 109 Å². The fourth-order valence-electron chi connectivity index (χ4n) is 1.75. The third-order valence-electron chi connectivity index (χ3n) is 2.62. The minimum atomic E-state index is 0.636. The molecule has 92 valence electrons. The average molecular weight is 259 g/mol. The SMILES string of the molecule is Cc1cnc(CNc2nc3c(C)cccn3n2)s1. The zero-order valence-corrected chi connectivity index (χ0v) is 11.0. The summed E-state index contributed by atoms with van der Waals surface area (Å²) < 4.78 is 1.78. The molecule has 3 heterocycles. The van der Waals surface area contributed by atoms with Gasteiger partial charge in [-0.1, -0.05) is 6.07 Å². The number of nitrogens with zero attached hydrogens (tertiary/aromatic N) is 4. The second kappa shape index (κ2) is 4.38. The third-order valence-corrected chi connectivity index (χ3v) is 3.54. The van der Waals surface area contributed by atoms with Crippen molar-refractivity contribution in [3.05, 3.63) is 40.0 Å². The van der Waals surface area contributed by atoms with E-state index in [1.807, 2.05) is 38.4 Å². The lowest BCUT2D eigenvalue weighted by Gasteiger charge is -1.96. The van der Waals surface area contributed by atoms with E-state index >= 15 is 0 Å². The van der Waals surface area contributed by atoms with Gasteiger partial charge in [0.15, 0.2) is 5.65 Å². The largest absolute Gasteiger partial charge is 0.346 e. The van der Waals surface area contributed by atoms with Crippen molar-refractivity contribution in [3.63, 3.8) is 0 Å². The molecular weight excluding hydrogens is 246 g/mol. The molecule has 0 fully saturated rings. The highest BCUT2D eigenvalue weighted by molar-refractivity contribution is 7.11. The van der Waals surface area contributed by atoms with Gasteiger partial charge in [0.25, 0.3) is 0 Å². The van der Waals surface area contributed by atoms with E-state index in [0.29, 0.717) is 12.5 Å². The molecule has 0 bridgehead atoms. The van der Waals surface area contributed by atoms with Gasteiger partial charge in [0, 0.05) is 17.3 Å². The number of anilines is 1. The second-order valence-corrected chi connectivity index (χ2v) is 5.43. The van der Waals surface area contributed by atoms with Crippen molar-refractivity contribution in [1.29, 1.82) is 0 Å². The van der Waals surface area contributed by atoms with E-state index in [1.165, 1.54) is 4.88 Å². The maximum Gasteiger partial charge on any atom is 0.243 e. The Morgan fingerprint density at radius 2 is 2.28 bits per heavy atom. The Morgan fingerprint density at radius 1 is 1.39 bits per heavy atom. The summed E-state index contributed by atoms with van der Waals surface area (Å²) in [4.78, 5) is 9.96. The van der Waals surface area contributed by atoms with Crippen molar-refractivity contribution in [2.24, 2.45) is 0 Å². The summed E-state index contributed by atoms with van der Waals surface area (Å²) in [6, 6.07) is 3.99. The van der Waals surface area contributed by atoms with Gasteiger partial charge in [-0.15, -0.1) is 16.4 Å². The number of hydrogen-bond donors (Lipinski definition) is 1. The number of aromatic nitrogens is 4. The average Bonchev–Trinajstić information content (AvgIpc) is 2.93. The van der Waals surface area contributed by atoms with Gasteiger partial charge >= 0.3 is 0 Å². The van der Waals surface area contributed by atoms with E-state index in [9.17, 15) is 0 Å². The van der Waals surface area contributed by atoms with Gasteiger partial charge < -0.3 is 5.32 Å². The zero-order valence-electron chi connectivity index (χ0n) is 10.2. The van der Waals surface area contributed by atoms with Crippen molar-refractivity contribution >= 4 is 22.9 Å². The normalized spacial score (nSPS) is 11.0. The molecule has 3 aromatic rings. The minimum Gasteiger partial charge on any atom is -0.346 e. The van der Waals surface area contributed by atoms with Crippen LogP contribution < -0.4 is 5.32 Å². The Kier molecular flexibility index (Phi) is 2.71. The monoisotopic (exact) mass is 259 g/mol. The lowest BCUT2D eigenvalue weighted by Crippen LogP contribution is -2.00. The molecule has 0 radical (unpaired) electrons. The van der Waals surface area contributed by atoms with Crippen LogP contribution in [0.15, 0.2) is 24.5 Å². The number of rotatable bonds is 3. The van der Waals surface area contributed by atoms with Gasteiger partial charge in [0.1, 0.15) is 5.01 Å². The van der Waals surface area contributed by atoms with E-state index in [0.717, 1.165) is 16.2 Å². The van der Waals surface area contributed by atoms with Crippen LogP contribution in [-0.2, 0) is 6.54 Å². The molecule has 18 heavy (non-hydrogen) atoms. The van der Waals surface area contributed by atoms with Gasteiger partial charge in [-0.25, -0.2) is 9.50 Å². The van der Waals surface area contributed by atoms with Crippen molar-refractivity contribution in [3.8, 4) is 0 Å². The highest BCUT2D eigenvalue weighted by Crippen LogP contribution is 2.14. The molecule has 1 N–H and O–H groups in total. The highest BCUT2D eigenvalue weighted by atomic mass is 32.1. The Balaban J connectivity index is 1.81. The van der Waals surface area contributed by atoms with Crippen molar-refractivity contribution in [2.75, 3.05) is 5.32 Å². The lowest BCUT2D eigenvalue weighted by molar-refractivity contribution is 0.944. The fraction of sp³-hybridized carbons (Fsp3) is 0.250. The summed E-state index contributed by atoms with van der Waals surface area (Å²) in [6.45, 7) is 4.74. The first kappa shape index (κ1) is 11.2. The molecule has 0 aliphatic carbocycles. The van der Waals surface area contributed by atoms with Crippen LogP contribution in [0.25, 0.3) is 5.65 Å². The molecule has 5 nitrogen and oxygen atoms in total. The maximum absolute atomic E-state index is 4.45. The molecule has 6 heteroatoms. The summed E-state index contributed by atoms with van der Waals surface area (Å²) in [5.41, 5.74) is 2.00. The molecule has 0 saturated heterocycles. The molecule has 3 rings (SSSR count). The number of nitrogens with one attached hydrogen (secondary N) is 1. The van der Waals surface area contributed by atoms with E-state index < -0.39 is 0 Å². The fourth-order valence-corrected chi connectivity index (χ4v) is 2.48. The summed E-state index contributed by atoms with van der Waals surface area (Å²) in [6.07, 6.45) is 3.77. The Hall–Kier alpha value is -1.95. The van der Waals surface area contributed by atoms with E-state index in [-0.39, 0.29) is 0 Å². The maximum atomic E-state index is 4.45. The number of fused-ring (bicyclic) bond motifs is 1. The summed E-state index contributed by atoms with van der Waals surface area (Å²) in [5.74, 6) is 0.636. The molecule has 0 spiro atoms. The van der Waals surface area contributed by atoms with Crippen LogP contribution in [0.5, 0.6) is 0 Å². The van der Waals surface area contributed by atoms with Crippen LogP contribution in [0.1, 0.15) is 15.4 Å². The van der Waals surface area contributed by atoms with Crippen LogP contribution in [0.4, 0.5) is 5.95 Å². The van der Waals surface area contributed by atoms with Crippen molar-refractivity contribution in [2.45, 2.75) is 20.4 Å². The first-order valence-corrected chi connectivity index (χ1v) is 6.51. The van der Waals surface area contributed by atoms with Crippen LogP contribution in [-0.4, -0.2) is 19.6 Å². The molecule has 0 aliphatic rings. The highest BCUT2D eigenvalue weighted by Gasteiger charge is 2.05. The van der Waals surface area contributed by atoms with Gasteiger partial charge in [-0.05, 0) is 25.5 Å². The molecule has 0 amide bonds. The molecule has 3 aromatic heterocycles. The Morgan fingerprint density at radius 3 is 3.00 bits per heavy atom. The minimum absolute atomic E-state index is 0.636. The molecule has 0 saturated carbocycles. The van der Waals surface area contributed by atoms with Gasteiger partial charge in [0.2, 0.25) is 5.95 Å². The molecular formula is C12H13N5S. The standard InChI is InChI=1S/C12H13N5S/c1-8-4-3-5-17-11(8)15-12(16-17)14-7-10-13-6-9(2)18-10/h3-6H,7H2,1-2H3,(H,14,16). The van der Waals surface area contributed by atoms with Crippen LogP contribution in [0.2, 0.25) is 0 Å². The molecule has 0 unspecified atom stereocenters. The number of aryl methyl sites for hydroxylation is 2. The number of hydrogen-bond acceptors (Lipinski definition) is 5. The van der Waals surface area contributed by atoms with Crippen LogP contribution in [0, 0.1) is 13.8 Å². The number of thiazole rings is 1. The molecule has 0 aromatic carbocycles. The first-order valence-electron chi connectivity index (χ1n) is 5.69. The van der Waals surface area contributed by atoms with Gasteiger partial charge in [-0.2, -0.15) is 4.98 Å². The van der Waals surface area contributed by atoms with Gasteiger partial charge in [-0.3, -0.25) is 0 Å². The molecule has 0 atom stereocenters. The van der Waals surface area contributed by atoms with Crippen LogP contribution in [0.3, 0.4) is 0 Å². The van der Waals surface area contributed by atoms with Gasteiger partial charge in [0.05, 0.1) is 6.54 Å². The predicted molar refractivity (Wildman–Crippen MR) is 71.9 cm³/mol. The smallest absolute Gasteiger partial charge is 0.243 e. The lowest BCUT2D eigenvalue weighted by atomic mass is 10.3. The van der Waals surface area contributed by atoms with Crippen LogP contribution >= 0.6 is 11.3 Å². The van der Waals surface area contributed by atoms with E-state index in [4.69, 9.17) is 0 Å². The summed E-state index contributed by atoms with van der Waals surface area (Å²) in [5, 5.41) is 8.61. The summed E-state index contributed by atoms with van der Waals surface area (Å²) >= 11 is 1.68.